The molecule has 43 heavy (non-hydrogen) atoms. The molecule has 0 spiro atoms. The Kier molecular flexibility index (Phi) is 11.2. The zero-order chi connectivity index (χ0) is 30.9. The number of benzene rings is 2. The third-order valence-electron chi connectivity index (χ3n) is 7.67. The molecule has 0 aliphatic carbocycles. The summed E-state index contributed by atoms with van der Waals surface area (Å²) in [5.41, 5.74) is 2.50. The lowest BCUT2D eigenvalue weighted by molar-refractivity contribution is -0.277. The molecule has 0 saturated carbocycles. The highest BCUT2D eigenvalue weighted by Gasteiger charge is 2.42. The maximum Gasteiger partial charge on any atom is 0.262 e. The van der Waals surface area contributed by atoms with Crippen LogP contribution in [0.2, 0.25) is 0 Å². The van der Waals surface area contributed by atoms with Gasteiger partial charge in [0.1, 0.15) is 29.5 Å². The van der Waals surface area contributed by atoms with Crippen LogP contribution >= 0.6 is 0 Å². The van der Waals surface area contributed by atoms with Gasteiger partial charge >= 0.3 is 0 Å². The van der Waals surface area contributed by atoms with Crippen LogP contribution in [0.4, 0.5) is 5.69 Å². The Morgan fingerprint density at radius 2 is 1.93 bits per heavy atom. The highest BCUT2D eigenvalue weighted by atomic mass is 16.7. The molecule has 12 heteroatoms. The van der Waals surface area contributed by atoms with Crippen molar-refractivity contribution in [2.45, 2.75) is 58.5 Å². The van der Waals surface area contributed by atoms with Crippen LogP contribution in [0.25, 0.3) is 16.8 Å². The maximum absolute atomic E-state index is 12.6. The minimum atomic E-state index is -0.929. The van der Waals surface area contributed by atoms with Crippen molar-refractivity contribution in [3.63, 3.8) is 0 Å². The molecule has 1 fully saturated rings. The van der Waals surface area contributed by atoms with Gasteiger partial charge in [-0.05, 0) is 54.5 Å². The molecular formula is C31H40N6O6. The number of aliphatic hydroxyl groups excluding tert-OH is 2. The van der Waals surface area contributed by atoms with Gasteiger partial charge < -0.3 is 34.6 Å². The molecule has 1 saturated heterocycles. The summed E-state index contributed by atoms with van der Waals surface area (Å²) in [6, 6.07) is 14.1. The van der Waals surface area contributed by atoms with Gasteiger partial charge in [0.2, 0.25) is 0 Å². The van der Waals surface area contributed by atoms with E-state index in [1.54, 1.807) is 19.2 Å². The second-order valence-electron chi connectivity index (χ2n) is 10.5. The van der Waals surface area contributed by atoms with E-state index in [1.165, 1.54) is 11.8 Å². The van der Waals surface area contributed by atoms with E-state index in [0.717, 1.165) is 35.1 Å². The van der Waals surface area contributed by atoms with Gasteiger partial charge in [0.15, 0.2) is 6.29 Å². The van der Waals surface area contributed by atoms with E-state index in [1.807, 2.05) is 24.3 Å². The van der Waals surface area contributed by atoms with Crippen LogP contribution in [0.1, 0.15) is 32.0 Å². The summed E-state index contributed by atoms with van der Waals surface area (Å²) in [4.78, 5) is 14.9. The van der Waals surface area contributed by atoms with E-state index in [-0.39, 0.29) is 31.9 Å². The van der Waals surface area contributed by atoms with Crippen LogP contribution in [0.3, 0.4) is 0 Å². The second-order valence-corrected chi connectivity index (χ2v) is 10.5. The number of nitrogens with zero attached hydrogens (tertiary/aromatic N) is 5. The van der Waals surface area contributed by atoms with Gasteiger partial charge in [-0.3, -0.25) is 4.79 Å². The minimum Gasteiger partial charge on any atom is -0.390 e. The Hall–Kier alpha value is -3.86. The van der Waals surface area contributed by atoms with E-state index in [9.17, 15) is 20.3 Å². The molecule has 0 unspecified atom stereocenters. The first-order valence-corrected chi connectivity index (χ1v) is 14.5. The summed E-state index contributed by atoms with van der Waals surface area (Å²) < 4.78 is 18.0. The Balaban J connectivity index is 1.24. The predicted molar refractivity (Wildman–Crippen MR) is 161 cm³/mol. The first-order chi connectivity index (χ1) is 20.8. The fourth-order valence-electron chi connectivity index (χ4n) is 5.10. The number of aromatic nitrogens is 3. The number of nitrogens with one attached hydrogen (secondary N) is 1. The van der Waals surface area contributed by atoms with E-state index in [0.29, 0.717) is 5.69 Å². The zero-order valence-corrected chi connectivity index (χ0v) is 25.0. The average molecular weight is 593 g/mol. The molecule has 0 radical (unpaired) electrons. The highest BCUT2D eigenvalue weighted by Crippen LogP contribution is 2.27. The fraction of sp³-hybridized carbons (Fsp3) is 0.484. The Bertz CT molecular complexity index is 1450. The van der Waals surface area contributed by atoms with E-state index < -0.39 is 36.4 Å². The largest absolute Gasteiger partial charge is 0.390 e. The van der Waals surface area contributed by atoms with Gasteiger partial charge in [-0.15, -0.1) is 5.10 Å². The number of nitriles is 1. The zero-order valence-electron chi connectivity index (χ0n) is 25.0. The number of carbonyl (C=O) groups is 1. The van der Waals surface area contributed by atoms with Crippen LogP contribution < -0.4 is 10.2 Å². The summed E-state index contributed by atoms with van der Waals surface area (Å²) in [5, 5.41) is 43.2. The first kappa shape index (κ1) is 32.1. The molecule has 1 aliphatic rings. The predicted octanol–water partition coefficient (Wildman–Crippen LogP) is 2.25. The number of methoxy groups -OCH3 is 1. The number of hydrogen-bond donors (Lipinski definition) is 3. The number of fused-ring (bicyclic) bond motifs is 1. The number of ether oxygens (including phenoxy) is 3. The van der Waals surface area contributed by atoms with Crippen molar-refractivity contribution >= 4 is 28.4 Å². The monoisotopic (exact) mass is 592 g/mol. The molecule has 230 valence electrons. The van der Waals surface area contributed by atoms with Crippen LogP contribution in [-0.4, -0.2) is 89.1 Å². The molecule has 3 N–H and O–H groups in total. The number of aliphatic hydroxyl groups is 2. The van der Waals surface area contributed by atoms with Gasteiger partial charge in [-0.2, -0.15) is 5.26 Å². The highest BCUT2D eigenvalue weighted by molar-refractivity contribution is 6.02. The standard InChI is InChI=1S/C31H40N6O6/c1-5-36(6-2)26-10-9-22-13-21(7-8-23(22)15-26)14-24(16-32)30(40)33-11-12-42-19-25-17-37(35-34-25)18-27-28(38)20(3)29(39)31(41-4)43-27/h7-10,13-15,17,20,27-29,31,38-39H,5-6,11-12,18-19H2,1-4H3,(H,33,40)/b24-14+/t20-,27+,28-,29+,31-/m0/s1. The number of rotatable bonds is 13. The van der Waals surface area contributed by atoms with Gasteiger partial charge in [-0.1, -0.05) is 30.3 Å². The van der Waals surface area contributed by atoms with Crippen molar-refractivity contribution in [1.29, 1.82) is 5.26 Å². The molecule has 2 heterocycles. The minimum absolute atomic E-state index is 0.00622. The molecule has 1 aliphatic heterocycles. The molecular weight excluding hydrogens is 552 g/mol. The summed E-state index contributed by atoms with van der Waals surface area (Å²) in [5.74, 6) is -0.908. The smallest absolute Gasteiger partial charge is 0.262 e. The van der Waals surface area contributed by atoms with Gasteiger partial charge in [0.25, 0.3) is 5.91 Å². The van der Waals surface area contributed by atoms with Crippen LogP contribution in [0.5, 0.6) is 0 Å². The maximum atomic E-state index is 12.6. The van der Waals surface area contributed by atoms with E-state index >= 15 is 0 Å². The third kappa shape index (κ3) is 7.95. The molecule has 2 aromatic carbocycles. The normalized spacial score (nSPS) is 22.3. The fourth-order valence-corrected chi connectivity index (χ4v) is 5.10. The summed E-state index contributed by atoms with van der Waals surface area (Å²) in [6.45, 7) is 8.65. The molecule has 3 aromatic rings. The lowest BCUT2D eigenvalue weighted by atomic mass is 9.90. The molecule has 4 rings (SSSR count). The van der Waals surface area contributed by atoms with Crippen molar-refractivity contribution in [1.82, 2.24) is 20.3 Å². The SMILES string of the molecule is CCN(CC)c1ccc2cc(/C=C(\C#N)C(=O)NCCOCc3cn(C[C@H]4O[C@H](OC)[C@H](O)[C@@H](C)[C@@H]4O)nn3)ccc2c1. The van der Waals surface area contributed by atoms with E-state index in [2.05, 4.69) is 52.6 Å². The number of amides is 1. The Morgan fingerprint density at radius 1 is 1.19 bits per heavy atom. The number of carbonyl (C=O) groups excluding carboxylic acids is 1. The van der Waals surface area contributed by atoms with Crippen molar-refractivity contribution in [3.05, 3.63) is 59.4 Å². The molecule has 1 aromatic heterocycles. The number of hydrogen-bond acceptors (Lipinski definition) is 10. The van der Waals surface area contributed by atoms with Crippen molar-refractivity contribution in [2.75, 3.05) is 38.3 Å². The van der Waals surface area contributed by atoms with Crippen LogP contribution in [-0.2, 0) is 32.2 Å². The van der Waals surface area contributed by atoms with Crippen molar-refractivity contribution in [2.24, 2.45) is 5.92 Å². The Labute approximate surface area is 251 Å². The average Bonchev–Trinajstić information content (AvgIpc) is 3.47. The summed E-state index contributed by atoms with van der Waals surface area (Å²) in [7, 11) is 1.44. The second kappa shape index (κ2) is 15.0. The molecule has 12 nitrogen and oxygen atoms in total. The van der Waals surface area contributed by atoms with E-state index in [4.69, 9.17) is 14.2 Å². The lowest BCUT2D eigenvalue weighted by Crippen LogP contribution is -2.54. The lowest BCUT2D eigenvalue weighted by Gasteiger charge is -2.40. The van der Waals surface area contributed by atoms with Crippen molar-refractivity contribution < 1.29 is 29.2 Å². The molecule has 5 atom stereocenters. The summed E-state index contributed by atoms with van der Waals surface area (Å²) >= 11 is 0. The topological polar surface area (TPSA) is 155 Å². The summed E-state index contributed by atoms with van der Waals surface area (Å²) in [6.07, 6.45) is -0.0299. The number of anilines is 1. The first-order valence-electron chi connectivity index (χ1n) is 14.5. The molecule has 0 bridgehead atoms. The van der Waals surface area contributed by atoms with Crippen molar-refractivity contribution in [3.8, 4) is 6.07 Å². The van der Waals surface area contributed by atoms with Gasteiger partial charge in [0, 0.05) is 38.3 Å². The Morgan fingerprint density at radius 3 is 2.65 bits per heavy atom. The molecule has 1 amide bonds. The third-order valence-corrected chi connectivity index (χ3v) is 7.67. The van der Waals surface area contributed by atoms with Crippen LogP contribution in [0, 0.1) is 17.2 Å². The van der Waals surface area contributed by atoms with Gasteiger partial charge in [0.05, 0.1) is 32.1 Å². The van der Waals surface area contributed by atoms with Crippen LogP contribution in [0.15, 0.2) is 48.2 Å². The van der Waals surface area contributed by atoms with Gasteiger partial charge in [-0.25, -0.2) is 4.68 Å². The quantitative estimate of drug-likeness (QED) is 0.153.